The zero-order valence-electron chi connectivity index (χ0n) is 31.8. The zero-order valence-corrected chi connectivity index (χ0v) is 31.8. The monoisotopic (exact) mass is 742 g/mol. The Balaban J connectivity index is 1.13. The summed E-state index contributed by atoms with van der Waals surface area (Å²) in [5, 5.41) is 18.9. The molecule has 4 nitrogen and oxygen atoms in total. The van der Waals surface area contributed by atoms with Gasteiger partial charge >= 0.3 is 0 Å². The minimum absolute atomic E-state index is 0.433. The van der Waals surface area contributed by atoms with Crippen LogP contribution in [-0.4, -0.2) is 0 Å². The van der Waals surface area contributed by atoms with Crippen molar-refractivity contribution >= 4 is 45.3 Å². The van der Waals surface area contributed by atoms with Gasteiger partial charge in [0.2, 0.25) is 0 Å². The van der Waals surface area contributed by atoms with Gasteiger partial charge in [-0.15, -0.1) is 0 Å². The van der Waals surface area contributed by atoms with E-state index >= 15 is 0 Å². The van der Waals surface area contributed by atoms with E-state index in [2.05, 4.69) is 181 Å². The summed E-state index contributed by atoms with van der Waals surface area (Å²) in [7, 11) is 0. The van der Waals surface area contributed by atoms with Crippen LogP contribution in [-0.2, 0) is 0 Å². The standard InChI is InChI=1S/C54H38N4/c1-39(37-55)41-19-27-49(28-20-41)57(53-17-9-15-47(35-53)43-11-5-3-6-12-43)51-31-23-45(24-32-51)46-25-33-52(34-26-46)58(50-29-21-42(22-30-50)40(2)38-56)54-18-10-16-48(36-54)44-13-7-4-8-14-44/h3-36H,1-2H2. The predicted octanol–water partition coefficient (Wildman–Crippen LogP) is 14.7. The molecule has 8 rings (SSSR count). The van der Waals surface area contributed by atoms with E-state index in [0.29, 0.717) is 11.1 Å². The van der Waals surface area contributed by atoms with Gasteiger partial charge in [-0.05, 0) is 117 Å². The highest BCUT2D eigenvalue weighted by atomic mass is 15.1. The van der Waals surface area contributed by atoms with Crippen molar-refractivity contribution in [2.45, 2.75) is 0 Å². The predicted molar refractivity (Wildman–Crippen MR) is 241 cm³/mol. The molecule has 0 heterocycles. The zero-order chi connectivity index (χ0) is 39.8. The summed E-state index contributed by atoms with van der Waals surface area (Å²) in [6.07, 6.45) is 0. The van der Waals surface area contributed by atoms with Crippen molar-refractivity contribution < 1.29 is 0 Å². The lowest BCUT2D eigenvalue weighted by Crippen LogP contribution is -2.10. The molecule has 274 valence electrons. The van der Waals surface area contributed by atoms with Crippen molar-refractivity contribution in [3.8, 4) is 45.5 Å². The first kappa shape index (κ1) is 36.8. The minimum atomic E-state index is 0.433. The summed E-state index contributed by atoms with van der Waals surface area (Å²) in [6, 6.07) is 75.4. The summed E-state index contributed by atoms with van der Waals surface area (Å²) in [5.74, 6) is 0. The second kappa shape index (κ2) is 16.7. The number of allylic oxidation sites excluding steroid dienone is 2. The van der Waals surface area contributed by atoms with E-state index in [1.807, 2.05) is 60.7 Å². The van der Waals surface area contributed by atoms with Crippen LogP contribution in [0.25, 0.3) is 44.5 Å². The molecule has 0 bridgehead atoms. The molecule has 0 N–H and O–H groups in total. The fraction of sp³-hybridized carbons (Fsp3) is 0. The van der Waals surface area contributed by atoms with E-state index in [0.717, 1.165) is 78.6 Å². The lowest BCUT2D eigenvalue weighted by atomic mass is 10.0. The summed E-state index contributed by atoms with van der Waals surface area (Å²) in [6.45, 7) is 7.80. The fourth-order valence-electron chi connectivity index (χ4n) is 7.16. The van der Waals surface area contributed by atoms with Gasteiger partial charge in [-0.3, -0.25) is 0 Å². The number of nitrogens with zero attached hydrogens (tertiary/aromatic N) is 4. The number of anilines is 6. The highest BCUT2D eigenvalue weighted by Crippen LogP contribution is 2.40. The smallest absolute Gasteiger partial charge is 0.0991 e. The second-order valence-electron chi connectivity index (χ2n) is 13.9. The molecular weight excluding hydrogens is 705 g/mol. The lowest BCUT2D eigenvalue weighted by molar-refractivity contribution is 1.28. The van der Waals surface area contributed by atoms with Gasteiger partial charge in [0, 0.05) is 34.1 Å². The first-order chi connectivity index (χ1) is 28.5. The number of nitriles is 2. The largest absolute Gasteiger partial charge is 0.310 e. The Morgan fingerprint density at radius 3 is 0.931 bits per heavy atom. The maximum Gasteiger partial charge on any atom is 0.0991 e. The molecule has 0 unspecified atom stereocenters. The van der Waals surface area contributed by atoms with Crippen LogP contribution in [0.15, 0.2) is 219 Å². The molecule has 0 radical (unpaired) electrons. The van der Waals surface area contributed by atoms with E-state index in [1.54, 1.807) is 0 Å². The summed E-state index contributed by atoms with van der Waals surface area (Å²) < 4.78 is 0. The lowest BCUT2D eigenvalue weighted by Gasteiger charge is -2.27. The third-order valence-corrected chi connectivity index (χ3v) is 10.2. The quantitative estimate of drug-likeness (QED) is 0.124. The minimum Gasteiger partial charge on any atom is -0.310 e. The van der Waals surface area contributed by atoms with Crippen LogP contribution < -0.4 is 9.80 Å². The van der Waals surface area contributed by atoms with Gasteiger partial charge in [0.05, 0.1) is 23.3 Å². The molecule has 8 aromatic rings. The number of benzene rings is 8. The molecule has 4 heteroatoms. The first-order valence-corrected chi connectivity index (χ1v) is 19.0. The number of hydrogen-bond acceptors (Lipinski definition) is 4. The summed E-state index contributed by atoms with van der Waals surface area (Å²) >= 11 is 0. The van der Waals surface area contributed by atoms with E-state index in [4.69, 9.17) is 0 Å². The molecular formula is C54H38N4. The van der Waals surface area contributed by atoms with Crippen molar-refractivity contribution in [2.24, 2.45) is 0 Å². The van der Waals surface area contributed by atoms with Crippen LogP contribution >= 0.6 is 0 Å². The van der Waals surface area contributed by atoms with E-state index < -0.39 is 0 Å². The van der Waals surface area contributed by atoms with Gasteiger partial charge in [-0.2, -0.15) is 10.5 Å². The molecule has 58 heavy (non-hydrogen) atoms. The van der Waals surface area contributed by atoms with Crippen molar-refractivity contribution in [1.82, 2.24) is 0 Å². The van der Waals surface area contributed by atoms with E-state index in [1.165, 1.54) is 0 Å². The number of rotatable bonds is 11. The Bertz CT molecular complexity index is 2590. The van der Waals surface area contributed by atoms with E-state index in [9.17, 15) is 10.5 Å². The normalized spacial score (nSPS) is 10.5. The molecule has 0 spiro atoms. The van der Waals surface area contributed by atoms with Crippen LogP contribution in [0, 0.1) is 22.7 Å². The average Bonchev–Trinajstić information content (AvgIpc) is 3.30. The highest BCUT2D eigenvalue weighted by Gasteiger charge is 2.17. The van der Waals surface area contributed by atoms with Gasteiger partial charge in [-0.25, -0.2) is 0 Å². The maximum absolute atomic E-state index is 9.44. The van der Waals surface area contributed by atoms with Gasteiger partial charge in [-0.1, -0.05) is 147 Å². The van der Waals surface area contributed by atoms with Gasteiger partial charge in [0.15, 0.2) is 0 Å². The molecule has 0 amide bonds. The first-order valence-electron chi connectivity index (χ1n) is 19.0. The molecule has 0 saturated carbocycles. The van der Waals surface area contributed by atoms with Crippen LogP contribution in [0.4, 0.5) is 34.1 Å². The van der Waals surface area contributed by atoms with Gasteiger partial charge in [0.25, 0.3) is 0 Å². The van der Waals surface area contributed by atoms with Crippen molar-refractivity contribution in [3.05, 3.63) is 231 Å². The van der Waals surface area contributed by atoms with E-state index in [-0.39, 0.29) is 0 Å². The Morgan fingerprint density at radius 2 is 0.603 bits per heavy atom. The summed E-state index contributed by atoms with van der Waals surface area (Å²) in [5.41, 5.74) is 15.2. The maximum atomic E-state index is 9.44. The van der Waals surface area contributed by atoms with Crippen molar-refractivity contribution in [3.63, 3.8) is 0 Å². The molecule has 8 aromatic carbocycles. The Hall–Kier alpha value is -8.18. The Morgan fingerprint density at radius 1 is 0.310 bits per heavy atom. The third-order valence-electron chi connectivity index (χ3n) is 10.2. The second-order valence-corrected chi connectivity index (χ2v) is 13.9. The van der Waals surface area contributed by atoms with Crippen LogP contribution in [0.1, 0.15) is 11.1 Å². The topological polar surface area (TPSA) is 54.1 Å². The fourth-order valence-corrected chi connectivity index (χ4v) is 7.16. The molecule has 0 aliphatic rings. The van der Waals surface area contributed by atoms with Crippen LogP contribution in [0.3, 0.4) is 0 Å². The van der Waals surface area contributed by atoms with Crippen LogP contribution in [0.2, 0.25) is 0 Å². The molecule has 0 atom stereocenters. The van der Waals surface area contributed by atoms with Gasteiger partial charge in [0.1, 0.15) is 0 Å². The molecule has 0 aromatic heterocycles. The van der Waals surface area contributed by atoms with Crippen molar-refractivity contribution in [1.29, 1.82) is 10.5 Å². The molecule has 0 fully saturated rings. The van der Waals surface area contributed by atoms with Gasteiger partial charge < -0.3 is 9.80 Å². The molecule has 0 aliphatic heterocycles. The Labute approximate surface area is 340 Å². The highest BCUT2D eigenvalue weighted by molar-refractivity contribution is 5.85. The molecule has 0 aliphatic carbocycles. The molecule has 0 saturated heterocycles. The SMILES string of the molecule is C=C(C#N)c1ccc(N(c2ccc(-c3ccc(N(c4ccc(C(=C)C#N)cc4)c4cccc(-c5ccccc5)c4)cc3)cc2)c2cccc(-c3ccccc3)c2)cc1. The third kappa shape index (κ3) is 7.81. The number of hydrogen-bond donors (Lipinski definition) is 0. The summed E-state index contributed by atoms with van der Waals surface area (Å²) in [4.78, 5) is 4.47. The van der Waals surface area contributed by atoms with Crippen LogP contribution in [0.5, 0.6) is 0 Å². The van der Waals surface area contributed by atoms with Crippen molar-refractivity contribution in [2.75, 3.05) is 9.80 Å². The Kier molecular flexibility index (Phi) is 10.6. The average molecular weight is 743 g/mol.